The summed E-state index contributed by atoms with van der Waals surface area (Å²) in [5, 5.41) is 22.0. The molecule has 0 aliphatic carbocycles. The standard InChI is InChI=1S/C14H20N2O3/c17-11-14(7-4-8-16(14)13(18)19)10-15-9-12-5-2-1-3-6-12/h1-3,5-6,15,17H,4,7-11H2,(H,18,19). The quantitative estimate of drug-likeness (QED) is 0.749. The Morgan fingerprint density at radius 3 is 2.74 bits per heavy atom. The second kappa shape index (κ2) is 6.04. The van der Waals surface area contributed by atoms with Crippen LogP contribution in [0.4, 0.5) is 4.79 Å². The predicted molar refractivity (Wildman–Crippen MR) is 71.9 cm³/mol. The molecule has 1 atom stereocenters. The summed E-state index contributed by atoms with van der Waals surface area (Å²) < 4.78 is 0. The lowest BCUT2D eigenvalue weighted by Gasteiger charge is -2.35. The summed E-state index contributed by atoms with van der Waals surface area (Å²) in [6.07, 6.45) is 0.561. The molecule has 0 spiro atoms. The first-order valence-corrected chi connectivity index (χ1v) is 6.54. The molecule has 1 amide bonds. The number of aliphatic hydroxyl groups is 1. The van der Waals surface area contributed by atoms with Crippen molar-refractivity contribution in [2.45, 2.75) is 24.9 Å². The van der Waals surface area contributed by atoms with E-state index in [1.165, 1.54) is 4.90 Å². The Morgan fingerprint density at radius 2 is 2.11 bits per heavy atom. The molecule has 1 aromatic rings. The first-order chi connectivity index (χ1) is 9.18. The number of hydrogen-bond acceptors (Lipinski definition) is 3. The van der Waals surface area contributed by atoms with Crippen molar-refractivity contribution in [3.63, 3.8) is 0 Å². The van der Waals surface area contributed by atoms with E-state index in [0.717, 1.165) is 12.0 Å². The van der Waals surface area contributed by atoms with E-state index >= 15 is 0 Å². The van der Waals surface area contributed by atoms with E-state index in [1.54, 1.807) is 0 Å². The molecule has 2 rings (SSSR count). The van der Waals surface area contributed by atoms with Gasteiger partial charge in [-0.15, -0.1) is 0 Å². The maximum Gasteiger partial charge on any atom is 0.407 e. The van der Waals surface area contributed by atoms with Gasteiger partial charge in [0.1, 0.15) is 0 Å². The smallest absolute Gasteiger partial charge is 0.407 e. The average Bonchev–Trinajstić information content (AvgIpc) is 2.85. The molecular weight excluding hydrogens is 244 g/mol. The summed E-state index contributed by atoms with van der Waals surface area (Å²) in [7, 11) is 0. The molecule has 1 aliphatic rings. The Kier molecular flexibility index (Phi) is 4.39. The number of carbonyl (C=O) groups is 1. The molecular formula is C14H20N2O3. The van der Waals surface area contributed by atoms with Crippen LogP contribution < -0.4 is 5.32 Å². The number of nitrogens with one attached hydrogen (secondary N) is 1. The number of likely N-dealkylation sites (tertiary alicyclic amines) is 1. The van der Waals surface area contributed by atoms with Gasteiger partial charge in [-0.3, -0.25) is 4.90 Å². The van der Waals surface area contributed by atoms with Crippen LogP contribution in [0.3, 0.4) is 0 Å². The van der Waals surface area contributed by atoms with E-state index < -0.39 is 11.6 Å². The van der Waals surface area contributed by atoms with Crippen molar-refractivity contribution in [3.8, 4) is 0 Å². The van der Waals surface area contributed by atoms with Crippen LogP contribution in [0.1, 0.15) is 18.4 Å². The van der Waals surface area contributed by atoms with Gasteiger partial charge in [-0.25, -0.2) is 4.79 Å². The number of rotatable bonds is 5. The lowest BCUT2D eigenvalue weighted by atomic mass is 9.97. The Labute approximate surface area is 112 Å². The van der Waals surface area contributed by atoms with Crippen LogP contribution in [0.15, 0.2) is 30.3 Å². The average molecular weight is 264 g/mol. The monoisotopic (exact) mass is 264 g/mol. The van der Waals surface area contributed by atoms with Crippen molar-refractivity contribution in [1.82, 2.24) is 10.2 Å². The molecule has 1 fully saturated rings. The van der Waals surface area contributed by atoms with Gasteiger partial charge in [0.2, 0.25) is 0 Å². The zero-order chi connectivity index (χ0) is 13.7. The summed E-state index contributed by atoms with van der Waals surface area (Å²) in [4.78, 5) is 12.6. The highest BCUT2D eigenvalue weighted by molar-refractivity contribution is 5.66. The minimum Gasteiger partial charge on any atom is -0.465 e. The maximum atomic E-state index is 11.2. The summed E-state index contributed by atoms with van der Waals surface area (Å²) in [5.74, 6) is 0. The highest BCUT2D eigenvalue weighted by atomic mass is 16.4. The third kappa shape index (κ3) is 3.05. The van der Waals surface area contributed by atoms with Crippen LogP contribution in [-0.2, 0) is 6.54 Å². The lowest BCUT2D eigenvalue weighted by Crippen LogP contribution is -2.55. The van der Waals surface area contributed by atoms with Gasteiger partial charge < -0.3 is 15.5 Å². The third-order valence-electron chi connectivity index (χ3n) is 3.75. The minimum absolute atomic E-state index is 0.138. The Hall–Kier alpha value is -1.59. The molecule has 5 heteroatoms. The van der Waals surface area contributed by atoms with E-state index in [0.29, 0.717) is 26.1 Å². The second-order valence-electron chi connectivity index (χ2n) is 5.01. The normalized spacial score (nSPS) is 22.7. The van der Waals surface area contributed by atoms with Gasteiger partial charge in [0.15, 0.2) is 0 Å². The molecule has 104 valence electrons. The van der Waals surface area contributed by atoms with Gasteiger partial charge in [-0.05, 0) is 18.4 Å². The summed E-state index contributed by atoms with van der Waals surface area (Å²) in [6, 6.07) is 9.93. The van der Waals surface area contributed by atoms with E-state index in [2.05, 4.69) is 5.32 Å². The molecule has 0 radical (unpaired) electrons. The van der Waals surface area contributed by atoms with Gasteiger partial charge >= 0.3 is 6.09 Å². The second-order valence-corrected chi connectivity index (χ2v) is 5.01. The zero-order valence-electron chi connectivity index (χ0n) is 10.9. The summed E-state index contributed by atoms with van der Waals surface area (Å²) in [5.41, 5.74) is 0.483. The fourth-order valence-corrected chi connectivity index (χ4v) is 2.68. The summed E-state index contributed by atoms with van der Waals surface area (Å²) >= 11 is 0. The molecule has 1 saturated heterocycles. The number of aliphatic hydroxyl groups excluding tert-OH is 1. The van der Waals surface area contributed by atoms with Crippen LogP contribution in [-0.4, -0.2) is 46.4 Å². The molecule has 1 unspecified atom stereocenters. The van der Waals surface area contributed by atoms with Crippen molar-refractivity contribution in [1.29, 1.82) is 0 Å². The van der Waals surface area contributed by atoms with Gasteiger partial charge in [0.05, 0.1) is 12.1 Å². The molecule has 0 aromatic heterocycles. The highest BCUT2D eigenvalue weighted by Crippen LogP contribution is 2.28. The molecule has 3 N–H and O–H groups in total. The zero-order valence-corrected chi connectivity index (χ0v) is 10.9. The van der Waals surface area contributed by atoms with Gasteiger partial charge in [-0.2, -0.15) is 0 Å². The summed E-state index contributed by atoms with van der Waals surface area (Å²) in [6.45, 7) is 1.52. The Balaban J connectivity index is 1.94. The van der Waals surface area contributed by atoms with Crippen molar-refractivity contribution >= 4 is 6.09 Å². The maximum absolute atomic E-state index is 11.2. The van der Waals surface area contributed by atoms with Crippen molar-refractivity contribution in [2.75, 3.05) is 19.7 Å². The third-order valence-corrected chi connectivity index (χ3v) is 3.75. The number of benzene rings is 1. The molecule has 5 nitrogen and oxygen atoms in total. The fraction of sp³-hybridized carbons (Fsp3) is 0.500. The SMILES string of the molecule is O=C(O)N1CCCC1(CO)CNCc1ccccc1. The van der Waals surface area contributed by atoms with Crippen molar-refractivity contribution in [3.05, 3.63) is 35.9 Å². The number of hydrogen-bond donors (Lipinski definition) is 3. The number of amides is 1. The van der Waals surface area contributed by atoms with Crippen molar-refractivity contribution in [2.24, 2.45) is 0 Å². The Bertz CT molecular complexity index is 424. The largest absolute Gasteiger partial charge is 0.465 e. The first-order valence-electron chi connectivity index (χ1n) is 6.54. The fourth-order valence-electron chi connectivity index (χ4n) is 2.68. The topological polar surface area (TPSA) is 72.8 Å². The van der Waals surface area contributed by atoms with Crippen LogP contribution in [0, 0.1) is 0 Å². The molecule has 0 saturated carbocycles. The molecule has 1 aliphatic heterocycles. The van der Waals surface area contributed by atoms with E-state index in [9.17, 15) is 15.0 Å². The van der Waals surface area contributed by atoms with Crippen LogP contribution >= 0.6 is 0 Å². The van der Waals surface area contributed by atoms with Crippen LogP contribution in [0.2, 0.25) is 0 Å². The van der Waals surface area contributed by atoms with Gasteiger partial charge in [0, 0.05) is 19.6 Å². The molecule has 1 aromatic carbocycles. The predicted octanol–water partition coefficient (Wildman–Crippen LogP) is 1.28. The highest BCUT2D eigenvalue weighted by Gasteiger charge is 2.43. The first kappa shape index (κ1) is 13.8. The van der Waals surface area contributed by atoms with Crippen molar-refractivity contribution < 1.29 is 15.0 Å². The molecule has 0 bridgehead atoms. The number of nitrogens with zero attached hydrogens (tertiary/aromatic N) is 1. The number of carboxylic acid groups (broad SMARTS) is 1. The Morgan fingerprint density at radius 1 is 1.37 bits per heavy atom. The molecule has 19 heavy (non-hydrogen) atoms. The van der Waals surface area contributed by atoms with E-state index in [1.807, 2.05) is 30.3 Å². The van der Waals surface area contributed by atoms with E-state index in [4.69, 9.17) is 0 Å². The van der Waals surface area contributed by atoms with Gasteiger partial charge in [-0.1, -0.05) is 30.3 Å². The molecule has 1 heterocycles. The van der Waals surface area contributed by atoms with E-state index in [-0.39, 0.29) is 6.61 Å². The lowest BCUT2D eigenvalue weighted by molar-refractivity contribution is 0.0594. The van der Waals surface area contributed by atoms with Gasteiger partial charge in [0.25, 0.3) is 0 Å². The van der Waals surface area contributed by atoms with Crippen LogP contribution in [0.5, 0.6) is 0 Å². The minimum atomic E-state index is -0.951. The van der Waals surface area contributed by atoms with Crippen LogP contribution in [0.25, 0.3) is 0 Å².